The van der Waals surface area contributed by atoms with Crippen molar-refractivity contribution in [3.8, 4) is 0 Å². The van der Waals surface area contributed by atoms with Crippen LogP contribution in [0.2, 0.25) is 0 Å². The largest absolute Gasteiger partial charge is 0.379 e. The average Bonchev–Trinajstić information content (AvgIpc) is 2.19. The van der Waals surface area contributed by atoms with Gasteiger partial charge in [-0.25, -0.2) is 0 Å². The van der Waals surface area contributed by atoms with Crippen LogP contribution in [0.3, 0.4) is 0 Å². The highest BCUT2D eigenvalue weighted by Gasteiger charge is 2.13. The zero-order valence-corrected chi connectivity index (χ0v) is 4.52. The summed E-state index contributed by atoms with van der Waals surface area (Å²) in [4.78, 5) is 9.67. The third-order valence-electron chi connectivity index (χ3n) is 1.19. The molecule has 1 atom stereocenters. The molecule has 0 aliphatic carbocycles. The Morgan fingerprint density at radius 3 is 3.12 bits per heavy atom. The second kappa shape index (κ2) is 2.67. The zero-order valence-electron chi connectivity index (χ0n) is 4.52. The normalized spacial score (nSPS) is 27.8. The Morgan fingerprint density at radius 1 is 1.75 bits per heavy atom. The molecule has 1 heterocycles. The van der Waals surface area contributed by atoms with Gasteiger partial charge in [0.2, 0.25) is 0 Å². The number of rotatable bonds is 2. The van der Waals surface area contributed by atoms with E-state index in [0.29, 0.717) is 6.61 Å². The summed E-state index contributed by atoms with van der Waals surface area (Å²) in [5.41, 5.74) is 0. The van der Waals surface area contributed by atoms with Crippen LogP contribution in [0.4, 0.5) is 0 Å². The molecule has 1 fully saturated rings. The van der Waals surface area contributed by atoms with E-state index in [-0.39, 0.29) is 6.04 Å². The summed E-state index contributed by atoms with van der Waals surface area (Å²) >= 11 is 0. The molecule has 1 amide bonds. The van der Waals surface area contributed by atoms with Gasteiger partial charge in [-0.2, -0.15) is 0 Å². The molecule has 8 heavy (non-hydrogen) atoms. The molecule has 0 aromatic carbocycles. The molecular formula is C5H8NO2. The molecule has 45 valence electrons. The number of nitrogens with one attached hydrogen (secondary N) is 1. The van der Waals surface area contributed by atoms with E-state index >= 15 is 0 Å². The van der Waals surface area contributed by atoms with Crippen molar-refractivity contribution >= 4 is 6.41 Å². The monoisotopic (exact) mass is 114 g/mol. The number of ether oxygens (including phenoxy) is 1. The summed E-state index contributed by atoms with van der Waals surface area (Å²) in [5.74, 6) is 0. The second-order valence-corrected chi connectivity index (χ2v) is 1.81. The number of hydrogen-bond acceptors (Lipinski definition) is 2. The molecule has 1 saturated heterocycles. The van der Waals surface area contributed by atoms with Gasteiger partial charge in [-0.15, -0.1) is 0 Å². The van der Waals surface area contributed by atoms with Gasteiger partial charge < -0.3 is 10.1 Å². The molecule has 1 rings (SSSR count). The Labute approximate surface area is 48.0 Å². The second-order valence-electron chi connectivity index (χ2n) is 1.81. The smallest absolute Gasteiger partial charge is 0.309 e. The third-order valence-corrected chi connectivity index (χ3v) is 1.19. The summed E-state index contributed by atoms with van der Waals surface area (Å²) in [6.07, 6.45) is 2.56. The van der Waals surface area contributed by atoms with Crippen LogP contribution in [-0.2, 0) is 9.53 Å². The van der Waals surface area contributed by atoms with Crippen LogP contribution in [0.25, 0.3) is 0 Å². The van der Waals surface area contributed by atoms with Crippen LogP contribution in [0.5, 0.6) is 0 Å². The average molecular weight is 114 g/mol. The maximum Gasteiger partial charge on any atom is 0.309 e. The minimum absolute atomic E-state index is 0.215. The zero-order chi connectivity index (χ0) is 5.82. The number of hydrogen-bond donors (Lipinski definition) is 1. The molecule has 3 heteroatoms. The minimum atomic E-state index is 0.215. The molecule has 1 aliphatic rings. The molecular weight excluding hydrogens is 106 g/mol. The van der Waals surface area contributed by atoms with Gasteiger partial charge in [0, 0.05) is 6.61 Å². The van der Waals surface area contributed by atoms with Crippen LogP contribution < -0.4 is 5.32 Å². The molecule has 1 unspecified atom stereocenters. The summed E-state index contributed by atoms with van der Waals surface area (Å²) in [7, 11) is 0. The van der Waals surface area contributed by atoms with E-state index in [1.807, 2.05) is 0 Å². The lowest BCUT2D eigenvalue weighted by Crippen LogP contribution is -2.27. The first-order valence-electron chi connectivity index (χ1n) is 2.64. The molecule has 0 bridgehead atoms. The fraction of sp³-hybridized carbons (Fsp3) is 0.800. The van der Waals surface area contributed by atoms with Crippen molar-refractivity contribution in [2.24, 2.45) is 0 Å². The maximum absolute atomic E-state index is 9.67. The molecule has 0 aromatic heterocycles. The number of amides is 1. The molecule has 0 aromatic rings. The van der Waals surface area contributed by atoms with Gasteiger partial charge >= 0.3 is 6.41 Å². The van der Waals surface area contributed by atoms with Crippen molar-refractivity contribution in [1.82, 2.24) is 5.32 Å². The third kappa shape index (κ3) is 1.20. The van der Waals surface area contributed by atoms with Crippen molar-refractivity contribution < 1.29 is 9.53 Å². The predicted molar refractivity (Wildman–Crippen MR) is 28.1 cm³/mol. The Hall–Kier alpha value is -0.570. The van der Waals surface area contributed by atoms with E-state index < -0.39 is 0 Å². The van der Waals surface area contributed by atoms with Gasteiger partial charge in [-0.05, 0) is 6.42 Å². The van der Waals surface area contributed by atoms with Crippen molar-refractivity contribution in [3.63, 3.8) is 0 Å². The molecule has 0 saturated carbocycles. The fourth-order valence-corrected chi connectivity index (χ4v) is 0.732. The van der Waals surface area contributed by atoms with Crippen molar-refractivity contribution in [1.29, 1.82) is 0 Å². The first-order valence-corrected chi connectivity index (χ1v) is 2.64. The fourth-order valence-electron chi connectivity index (χ4n) is 0.732. The molecule has 3 nitrogen and oxygen atoms in total. The Balaban J connectivity index is 2.14. The van der Waals surface area contributed by atoms with Gasteiger partial charge in [0.1, 0.15) is 0 Å². The molecule has 1 aliphatic heterocycles. The SMILES string of the molecule is O=[C]NC1CCOC1. The summed E-state index contributed by atoms with van der Waals surface area (Å²) in [6.45, 7) is 1.41. The Bertz CT molecular complexity index is 78.5. The molecule has 0 spiro atoms. The lowest BCUT2D eigenvalue weighted by molar-refractivity contribution is 0.192. The molecule has 1 radical (unpaired) electrons. The van der Waals surface area contributed by atoms with Gasteiger partial charge in [0.05, 0.1) is 12.6 Å². The Kier molecular flexibility index (Phi) is 1.86. The van der Waals surface area contributed by atoms with Gasteiger partial charge in [0.25, 0.3) is 0 Å². The van der Waals surface area contributed by atoms with Crippen LogP contribution in [0, 0.1) is 0 Å². The Morgan fingerprint density at radius 2 is 2.62 bits per heavy atom. The highest BCUT2D eigenvalue weighted by molar-refractivity contribution is 5.47. The summed E-state index contributed by atoms with van der Waals surface area (Å²) in [6, 6.07) is 0.215. The molecule has 1 N–H and O–H groups in total. The summed E-state index contributed by atoms with van der Waals surface area (Å²) < 4.78 is 4.97. The van der Waals surface area contributed by atoms with Crippen LogP contribution in [-0.4, -0.2) is 25.7 Å². The van der Waals surface area contributed by atoms with Gasteiger partial charge in [-0.3, -0.25) is 4.79 Å². The van der Waals surface area contributed by atoms with Crippen molar-refractivity contribution in [2.75, 3.05) is 13.2 Å². The highest BCUT2D eigenvalue weighted by Crippen LogP contribution is 2.01. The number of carbonyl (C=O) groups excluding carboxylic acids is 1. The van der Waals surface area contributed by atoms with Crippen LogP contribution >= 0.6 is 0 Å². The van der Waals surface area contributed by atoms with E-state index in [0.717, 1.165) is 13.0 Å². The van der Waals surface area contributed by atoms with E-state index in [4.69, 9.17) is 4.74 Å². The van der Waals surface area contributed by atoms with Gasteiger partial charge in [0.15, 0.2) is 0 Å². The minimum Gasteiger partial charge on any atom is -0.379 e. The quantitative estimate of drug-likeness (QED) is 0.488. The lowest BCUT2D eigenvalue weighted by Gasteiger charge is -2.00. The topological polar surface area (TPSA) is 38.3 Å². The van der Waals surface area contributed by atoms with E-state index in [1.54, 1.807) is 6.41 Å². The van der Waals surface area contributed by atoms with Gasteiger partial charge in [-0.1, -0.05) is 0 Å². The lowest BCUT2D eigenvalue weighted by atomic mass is 10.3. The maximum atomic E-state index is 9.67. The van der Waals surface area contributed by atoms with E-state index in [1.165, 1.54) is 0 Å². The van der Waals surface area contributed by atoms with Crippen LogP contribution in [0.1, 0.15) is 6.42 Å². The van der Waals surface area contributed by atoms with E-state index in [9.17, 15) is 4.79 Å². The summed E-state index contributed by atoms with van der Waals surface area (Å²) in [5, 5.41) is 2.51. The first-order chi connectivity index (χ1) is 3.93. The first kappa shape index (κ1) is 5.56. The van der Waals surface area contributed by atoms with Crippen molar-refractivity contribution in [3.05, 3.63) is 0 Å². The predicted octanol–water partition coefficient (Wildman–Crippen LogP) is -0.568. The standard InChI is InChI=1S/C5H8NO2/c7-4-6-5-1-2-8-3-5/h5H,1-3H2,(H,6,7). The van der Waals surface area contributed by atoms with Crippen LogP contribution in [0.15, 0.2) is 0 Å². The van der Waals surface area contributed by atoms with E-state index in [2.05, 4.69) is 5.32 Å². The van der Waals surface area contributed by atoms with Crippen molar-refractivity contribution in [2.45, 2.75) is 12.5 Å². The highest BCUT2D eigenvalue weighted by atomic mass is 16.5.